The van der Waals surface area contributed by atoms with Crippen molar-refractivity contribution in [1.29, 1.82) is 0 Å². The van der Waals surface area contributed by atoms with E-state index in [4.69, 9.17) is 0 Å². The fourth-order valence-corrected chi connectivity index (χ4v) is 5.49. The van der Waals surface area contributed by atoms with Crippen molar-refractivity contribution in [3.63, 3.8) is 0 Å². The molecule has 0 radical (unpaired) electrons. The van der Waals surface area contributed by atoms with Gasteiger partial charge in [0.1, 0.15) is 6.04 Å². The van der Waals surface area contributed by atoms with Crippen molar-refractivity contribution in [2.75, 3.05) is 11.3 Å². The minimum atomic E-state index is -3.98. The molecule has 3 aliphatic rings. The minimum absolute atomic E-state index is 0.0416. The molecular formula is C22H20N4O6S. The van der Waals surface area contributed by atoms with Gasteiger partial charge in [-0.2, -0.15) is 0 Å². The minimum Gasteiger partial charge on any atom is -0.352 e. The zero-order chi connectivity index (χ0) is 23.3. The average Bonchev–Trinajstić information content (AvgIpc) is 3.09. The first-order valence-electron chi connectivity index (χ1n) is 10.4. The van der Waals surface area contributed by atoms with Crippen LogP contribution in [-0.4, -0.2) is 49.5 Å². The van der Waals surface area contributed by atoms with Crippen molar-refractivity contribution in [2.24, 2.45) is 0 Å². The maximum Gasteiger partial charge on any atom is 0.261 e. The van der Waals surface area contributed by atoms with Crippen LogP contribution < -0.4 is 15.4 Å². The molecule has 2 aromatic carbocycles. The highest BCUT2D eigenvalue weighted by atomic mass is 32.2. The molecule has 1 atom stereocenters. The molecule has 3 N–H and O–H groups in total. The molecule has 3 heterocycles. The molecule has 10 nitrogen and oxygen atoms in total. The predicted octanol–water partition coefficient (Wildman–Crippen LogP) is 0.534. The summed E-state index contributed by atoms with van der Waals surface area (Å²) >= 11 is 0. The topological polar surface area (TPSA) is 142 Å². The highest BCUT2D eigenvalue weighted by Gasteiger charge is 2.39. The van der Waals surface area contributed by atoms with Gasteiger partial charge in [-0.3, -0.25) is 29.2 Å². The van der Waals surface area contributed by atoms with Gasteiger partial charge in [0.25, 0.3) is 21.8 Å². The summed E-state index contributed by atoms with van der Waals surface area (Å²) in [6.45, 7) is 0.648. The number of benzene rings is 2. The van der Waals surface area contributed by atoms with Crippen LogP contribution >= 0.6 is 0 Å². The number of amides is 4. The molecular weight excluding hydrogens is 448 g/mol. The summed E-state index contributed by atoms with van der Waals surface area (Å²) in [5.74, 6) is -1.52. The number of carbonyl (C=O) groups is 4. The number of hydrogen-bond donors (Lipinski definition) is 3. The largest absolute Gasteiger partial charge is 0.352 e. The van der Waals surface area contributed by atoms with E-state index in [1.165, 1.54) is 29.2 Å². The Hall–Kier alpha value is -3.73. The summed E-state index contributed by atoms with van der Waals surface area (Å²) in [6, 6.07) is 8.26. The van der Waals surface area contributed by atoms with E-state index in [2.05, 4.69) is 15.4 Å². The molecule has 0 aromatic heterocycles. The summed E-state index contributed by atoms with van der Waals surface area (Å²) in [5, 5.41) is 4.94. The third-order valence-corrected chi connectivity index (χ3v) is 7.47. The van der Waals surface area contributed by atoms with Crippen molar-refractivity contribution < 1.29 is 27.6 Å². The Morgan fingerprint density at radius 3 is 2.55 bits per heavy atom. The molecule has 4 amide bonds. The zero-order valence-corrected chi connectivity index (χ0v) is 18.2. The fourth-order valence-electron chi connectivity index (χ4n) is 4.41. The lowest BCUT2D eigenvalue weighted by atomic mass is 10.0. The van der Waals surface area contributed by atoms with E-state index in [1.807, 2.05) is 0 Å². The van der Waals surface area contributed by atoms with Crippen LogP contribution in [0.25, 0.3) is 0 Å². The van der Waals surface area contributed by atoms with Gasteiger partial charge < -0.3 is 10.2 Å². The standard InChI is InChI=1S/C22H20N4O6S/c27-19-6-5-18(21(29)24-19)26-11-13-9-14(2-4-16(13)22(26)30)25-33(31,32)15-3-1-12-7-8-23-20(28)17(12)10-15/h1-4,9-10,18,25H,5-8,11H2,(H,23,28)(H,24,27,29). The average molecular weight is 468 g/mol. The molecule has 170 valence electrons. The number of rotatable bonds is 4. The van der Waals surface area contributed by atoms with Crippen molar-refractivity contribution in [3.05, 3.63) is 58.7 Å². The van der Waals surface area contributed by atoms with Crippen LogP contribution in [0.5, 0.6) is 0 Å². The molecule has 33 heavy (non-hydrogen) atoms. The SMILES string of the molecule is O=C1CCC(N2Cc3cc(NS(=O)(=O)c4ccc5c(c4)C(=O)NCC5)ccc3C2=O)C(=O)N1. The second-order valence-corrected chi connectivity index (χ2v) is 9.88. The number of hydrogen-bond acceptors (Lipinski definition) is 6. The Kier molecular flexibility index (Phi) is 4.93. The second-order valence-electron chi connectivity index (χ2n) is 8.20. The normalized spacial score (nSPS) is 20.1. The molecule has 3 aliphatic heterocycles. The van der Waals surface area contributed by atoms with Crippen molar-refractivity contribution in [3.8, 4) is 0 Å². The van der Waals surface area contributed by atoms with Gasteiger partial charge in [-0.15, -0.1) is 0 Å². The molecule has 1 fully saturated rings. The highest BCUT2D eigenvalue weighted by Crippen LogP contribution is 2.30. The molecule has 2 aromatic rings. The van der Waals surface area contributed by atoms with Gasteiger partial charge in [0.15, 0.2) is 0 Å². The second kappa shape index (κ2) is 7.69. The molecule has 1 saturated heterocycles. The Morgan fingerprint density at radius 2 is 1.76 bits per heavy atom. The van der Waals surface area contributed by atoms with Crippen LogP contribution in [0, 0.1) is 0 Å². The van der Waals surface area contributed by atoms with Crippen LogP contribution in [0.15, 0.2) is 41.3 Å². The first-order valence-corrected chi connectivity index (χ1v) is 11.9. The van der Waals surface area contributed by atoms with Crippen LogP contribution in [0.3, 0.4) is 0 Å². The number of fused-ring (bicyclic) bond motifs is 2. The van der Waals surface area contributed by atoms with Crippen LogP contribution in [-0.2, 0) is 32.6 Å². The number of nitrogens with zero attached hydrogens (tertiary/aromatic N) is 1. The smallest absolute Gasteiger partial charge is 0.261 e. The lowest BCUT2D eigenvalue weighted by Crippen LogP contribution is -2.52. The first-order chi connectivity index (χ1) is 15.7. The molecule has 0 aliphatic carbocycles. The summed E-state index contributed by atoms with van der Waals surface area (Å²) in [6.07, 6.45) is 1.04. The molecule has 0 spiro atoms. The quantitative estimate of drug-likeness (QED) is 0.559. The third kappa shape index (κ3) is 3.74. The van der Waals surface area contributed by atoms with E-state index in [1.54, 1.807) is 12.1 Å². The first kappa shape index (κ1) is 21.1. The van der Waals surface area contributed by atoms with Gasteiger partial charge in [-0.05, 0) is 54.3 Å². The summed E-state index contributed by atoms with van der Waals surface area (Å²) < 4.78 is 28.4. The number of nitrogens with one attached hydrogen (secondary N) is 3. The van der Waals surface area contributed by atoms with Gasteiger partial charge in [-0.1, -0.05) is 6.07 Å². The van der Waals surface area contributed by atoms with Crippen molar-refractivity contribution in [1.82, 2.24) is 15.5 Å². The van der Waals surface area contributed by atoms with Crippen molar-refractivity contribution in [2.45, 2.75) is 36.7 Å². The number of sulfonamides is 1. The van der Waals surface area contributed by atoms with E-state index in [-0.39, 0.29) is 47.7 Å². The van der Waals surface area contributed by atoms with E-state index in [0.717, 1.165) is 5.56 Å². The van der Waals surface area contributed by atoms with Crippen LogP contribution in [0.1, 0.15) is 44.7 Å². The summed E-state index contributed by atoms with van der Waals surface area (Å²) in [7, 11) is -3.98. The van der Waals surface area contributed by atoms with Crippen LogP contribution in [0.2, 0.25) is 0 Å². The number of piperidine rings is 1. The summed E-state index contributed by atoms with van der Waals surface area (Å²) in [4.78, 5) is 49.8. The zero-order valence-electron chi connectivity index (χ0n) is 17.4. The third-order valence-electron chi connectivity index (χ3n) is 6.09. The van der Waals surface area contributed by atoms with Gasteiger partial charge in [-0.25, -0.2) is 8.42 Å². The van der Waals surface area contributed by atoms with Crippen molar-refractivity contribution >= 4 is 39.3 Å². The number of carbonyl (C=O) groups excluding carboxylic acids is 4. The van der Waals surface area contributed by atoms with Crippen LogP contribution in [0.4, 0.5) is 5.69 Å². The Balaban J connectivity index is 1.37. The number of anilines is 1. The summed E-state index contributed by atoms with van der Waals surface area (Å²) in [5.41, 5.74) is 2.35. The monoisotopic (exact) mass is 468 g/mol. The van der Waals surface area contributed by atoms with E-state index in [0.29, 0.717) is 29.7 Å². The maximum atomic E-state index is 12.9. The van der Waals surface area contributed by atoms with Gasteiger partial charge in [0.05, 0.1) is 4.90 Å². The molecule has 1 unspecified atom stereocenters. The predicted molar refractivity (Wildman–Crippen MR) is 116 cm³/mol. The lowest BCUT2D eigenvalue weighted by molar-refractivity contribution is -0.136. The van der Waals surface area contributed by atoms with Gasteiger partial charge in [0, 0.05) is 36.3 Å². The molecule has 0 saturated carbocycles. The van der Waals surface area contributed by atoms with E-state index in [9.17, 15) is 27.6 Å². The number of imide groups is 1. The lowest BCUT2D eigenvalue weighted by Gasteiger charge is -2.29. The molecule has 5 rings (SSSR count). The Morgan fingerprint density at radius 1 is 0.939 bits per heavy atom. The Bertz CT molecular complexity index is 1340. The van der Waals surface area contributed by atoms with Gasteiger partial charge in [0.2, 0.25) is 11.8 Å². The highest BCUT2D eigenvalue weighted by molar-refractivity contribution is 7.92. The molecule has 0 bridgehead atoms. The molecule has 11 heteroatoms. The van der Waals surface area contributed by atoms with Gasteiger partial charge >= 0.3 is 0 Å². The van der Waals surface area contributed by atoms with E-state index >= 15 is 0 Å². The maximum absolute atomic E-state index is 12.9. The Labute approximate surface area is 189 Å². The van der Waals surface area contributed by atoms with E-state index < -0.39 is 22.0 Å². The fraction of sp³-hybridized carbons (Fsp3) is 0.273.